The van der Waals surface area contributed by atoms with Crippen LogP contribution in [0.2, 0.25) is 0 Å². The fraction of sp³-hybridized carbons (Fsp3) is 0.0400. The van der Waals surface area contributed by atoms with E-state index in [9.17, 15) is 9.90 Å². The van der Waals surface area contributed by atoms with Crippen molar-refractivity contribution in [2.45, 2.75) is 6.92 Å². The van der Waals surface area contributed by atoms with Gasteiger partial charge in [-0.05, 0) is 43.3 Å². The van der Waals surface area contributed by atoms with E-state index in [0.717, 1.165) is 5.56 Å². The Hall–Kier alpha value is -4.72. The lowest BCUT2D eigenvalue weighted by Crippen LogP contribution is -2.14. The highest BCUT2D eigenvalue weighted by atomic mass is 16.3. The third-order valence-corrected chi connectivity index (χ3v) is 5.26. The average molecular weight is 436 g/mol. The molecule has 5 rings (SSSR count). The van der Waals surface area contributed by atoms with Crippen LogP contribution in [0.15, 0.2) is 77.9 Å². The number of rotatable bonds is 4. The Kier molecular flexibility index (Phi) is 4.95. The molecule has 0 bridgehead atoms. The maximum Gasteiger partial charge on any atom is 0.261 e. The van der Waals surface area contributed by atoms with Crippen LogP contribution in [-0.4, -0.2) is 31.9 Å². The van der Waals surface area contributed by atoms with Gasteiger partial charge in [0.05, 0.1) is 17.2 Å². The van der Waals surface area contributed by atoms with Crippen LogP contribution in [0.5, 0.6) is 5.75 Å². The summed E-state index contributed by atoms with van der Waals surface area (Å²) in [5, 5.41) is 17.4. The molecule has 1 amide bonds. The summed E-state index contributed by atoms with van der Waals surface area (Å²) in [7, 11) is 0. The van der Waals surface area contributed by atoms with Crippen molar-refractivity contribution in [1.82, 2.24) is 14.6 Å². The molecule has 3 aromatic carbocycles. The zero-order chi connectivity index (χ0) is 22.9. The molecule has 0 aliphatic heterocycles. The van der Waals surface area contributed by atoms with Crippen molar-refractivity contribution in [2.24, 2.45) is 5.10 Å². The highest BCUT2D eigenvalue weighted by molar-refractivity contribution is 6.16. The highest BCUT2D eigenvalue weighted by Crippen LogP contribution is 2.29. The minimum Gasteiger partial charge on any atom is -0.507 e. The normalized spacial score (nSPS) is 11.4. The standard InChI is InChI=1S/C25H20N6O2/c1-15-10-12-17(13-11-15)28-25(33)21-22-24(30-19-8-4-3-7-18(19)29-22)31(23(21)26)27-14-16-6-2-5-9-20(16)32/h2-14,32H,26H2,1H3,(H,28,33). The molecule has 0 fully saturated rings. The summed E-state index contributed by atoms with van der Waals surface area (Å²) in [6.45, 7) is 1.97. The SMILES string of the molecule is Cc1ccc(NC(=O)c2c(N)n(N=Cc3ccccc3O)c3nc4ccccc4nc23)cc1. The number of para-hydroxylation sites is 3. The first-order valence-electron chi connectivity index (χ1n) is 10.3. The number of benzene rings is 3. The van der Waals surface area contributed by atoms with Crippen molar-refractivity contribution >= 4 is 45.8 Å². The van der Waals surface area contributed by atoms with E-state index in [4.69, 9.17) is 5.73 Å². The molecule has 4 N–H and O–H groups in total. The maximum atomic E-state index is 13.2. The number of fused-ring (bicyclic) bond motifs is 2. The van der Waals surface area contributed by atoms with Gasteiger partial charge in [0, 0.05) is 11.3 Å². The molecule has 162 valence electrons. The van der Waals surface area contributed by atoms with Crippen LogP contribution < -0.4 is 11.1 Å². The topological polar surface area (TPSA) is 118 Å². The number of anilines is 2. The lowest BCUT2D eigenvalue weighted by atomic mass is 10.2. The van der Waals surface area contributed by atoms with Gasteiger partial charge in [-0.1, -0.05) is 42.0 Å². The minimum atomic E-state index is -0.414. The van der Waals surface area contributed by atoms with Gasteiger partial charge in [0.1, 0.15) is 22.6 Å². The fourth-order valence-corrected chi connectivity index (χ4v) is 3.54. The third kappa shape index (κ3) is 3.74. The molecule has 5 aromatic rings. The number of amides is 1. The summed E-state index contributed by atoms with van der Waals surface area (Å²) in [6.07, 6.45) is 1.46. The van der Waals surface area contributed by atoms with E-state index in [1.54, 1.807) is 24.3 Å². The molecule has 0 spiro atoms. The van der Waals surface area contributed by atoms with E-state index in [-0.39, 0.29) is 17.1 Å². The molecule has 0 radical (unpaired) electrons. The minimum absolute atomic E-state index is 0.0742. The number of carbonyl (C=O) groups is 1. The van der Waals surface area contributed by atoms with E-state index in [1.165, 1.54) is 10.9 Å². The number of phenols is 1. The van der Waals surface area contributed by atoms with Gasteiger partial charge in [0.2, 0.25) is 0 Å². The van der Waals surface area contributed by atoms with Gasteiger partial charge in [-0.3, -0.25) is 4.79 Å². The summed E-state index contributed by atoms with van der Waals surface area (Å²) < 4.78 is 1.37. The molecule has 8 nitrogen and oxygen atoms in total. The number of hydrogen-bond acceptors (Lipinski definition) is 6. The van der Waals surface area contributed by atoms with E-state index in [1.807, 2.05) is 55.5 Å². The zero-order valence-electron chi connectivity index (χ0n) is 17.7. The van der Waals surface area contributed by atoms with Crippen LogP contribution in [0, 0.1) is 6.92 Å². The molecule has 0 saturated carbocycles. The molecule has 2 aromatic heterocycles. The predicted molar refractivity (Wildman–Crippen MR) is 130 cm³/mol. The lowest BCUT2D eigenvalue weighted by molar-refractivity contribution is 0.102. The monoisotopic (exact) mass is 436 g/mol. The molecule has 8 heteroatoms. The highest BCUT2D eigenvalue weighted by Gasteiger charge is 2.24. The number of nitrogen functional groups attached to an aromatic ring is 1. The summed E-state index contributed by atoms with van der Waals surface area (Å²) in [5.74, 6) is -0.246. The first-order chi connectivity index (χ1) is 16.0. The summed E-state index contributed by atoms with van der Waals surface area (Å²) >= 11 is 0. The number of aromatic nitrogens is 3. The molecule has 0 aliphatic rings. The Morgan fingerprint density at radius 1 is 1.00 bits per heavy atom. The van der Waals surface area contributed by atoms with Crippen LogP contribution in [0.25, 0.3) is 22.2 Å². The number of aryl methyl sites for hydroxylation is 1. The van der Waals surface area contributed by atoms with E-state index in [2.05, 4.69) is 20.4 Å². The maximum absolute atomic E-state index is 13.2. The molecule has 0 saturated heterocycles. The number of nitrogens with two attached hydrogens (primary N) is 1. The van der Waals surface area contributed by atoms with Gasteiger partial charge in [0.25, 0.3) is 5.91 Å². The quantitative estimate of drug-likeness (QED) is 0.363. The molecular formula is C25H20N6O2. The summed E-state index contributed by atoms with van der Waals surface area (Å²) in [4.78, 5) is 22.6. The second-order valence-corrected chi connectivity index (χ2v) is 7.58. The molecule has 0 aliphatic carbocycles. The lowest BCUT2D eigenvalue weighted by Gasteiger charge is -2.06. The number of aromatic hydroxyl groups is 1. The van der Waals surface area contributed by atoms with Gasteiger partial charge in [-0.2, -0.15) is 9.78 Å². The van der Waals surface area contributed by atoms with Gasteiger partial charge >= 0.3 is 0 Å². The molecular weight excluding hydrogens is 416 g/mol. The third-order valence-electron chi connectivity index (χ3n) is 5.26. The smallest absolute Gasteiger partial charge is 0.261 e. The zero-order valence-corrected chi connectivity index (χ0v) is 17.7. The van der Waals surface area contributed by atoms with Gasteiger partial charge in [0.15, 0.2) is 5.65 Å². The Morgan fingerprint density at radius 3 is 2.39 bits per heavy atom. The van der Waals surface area contributed by atoms with Crippen molar-refractivity contribution in [3.8, 4) is 5.75 Å². The Bertz CT molecular complexity index is 1540. The van der Waals surface area contributed by atoms with Gasteiger partial charge in [-0.25, -0.2) is 9.97 Å². The number of nitrogens with one attached hydrogen (secondary N) is 1. The average Bonchev–Trinajstić information content (AvgIpc) is 3.08. The first kappa shape index (κ1) is 20.2. The predicted octanol–water partition coefficient (Wildman–Crippen LogP) is 4.32. The Labute approximate surface area is 189 Å². The van der Waals surface area contributed by atoms with Crippen molar-refractivity contribution in [2.75, 3.05) is 11.1 Å². The van der Waals surface area contributed by atoms with Crippen LogP contribution in [0.3, 0.4) is 0 Å². The van der Waals surface area contributed by atoms with Crippen LogP contribution in [0.4, 0.5) is 11.5 Å². The van der Waals surface area contributed by atoms with E-state index < -0.39 is 5.91 Å². The van der Waals surface area contributed by atoms with E-state index >= 15 is 0 Å². The second-order valence-electron chi connectivity index (χ2n) is 7.58. The van der Waals surface area contributed by atoms with Crippen LogP contribution in [-0.2, 0) is 0 Å². The molecule has 0 atom stereocenters. The first-order valence-corrected chi connectivity index (χ1v) is 10.3. The van der Waals surface area contributed by atoms with Crippen molar-refractivity contribution in [3.63, 3.8) is 0 Å². The van der Waals surface area contributed by atoms with Crippen LogP contribution in [0.1, 0.15) is 21.5 Å². The number of phenolic OH excluding ortho intramolecular Hbond substituents is 1. The number of nitrogens with zero attached hydrogens (tertiary/aromatic N) is 4. The van der Waals surface area contributed by atoms with Crippen molar-refractivity contribution in [1.29, 1.82) is 0 Å². The van der Waals surface area contributed by atoms with Crippen molar-refractivity contribution < 1.29 is 9.90 Å². The Morgan fingerprint density at radius 2 is 1.67 bits per heavy atom. The van der Waals surface area contributed by atoms with E-state index in [0.29, 0.717) is 33.4 Å². The van der Waals surface area contributed by atoms with Gasteiger partial charge in [-0.15, -0.1) is 0 Å². The molecule has 33 heavy (non-hydrogen) atoms. The van der Waals surface area contributed by atoms with Gasteiger partial charge < -0.3 is 16.2 Å². The summed E-state index contributed by atoms with van der Waals surface area (Å²) in [5.41, 5.74) is 10.8. The molecule has 0 unspecified atom stereocenters. The Balaban J connectivity index is 1.67. The second kappa shape index (κ2) is 8.08. The number of carbonyl (C=O) groups excluding carboxylic acids is 1. The largest absolute Gasteiger partial charge is 0.507 e. The summed E-state index contributed by atoms with van der Waals surface area (Å²) in [6, 6.07) is 21.6. The molecule has 2 heterocycles. The fourth-order valence-electron chi connectivity index (χ4n) is 3.54. The van der Waals surface area contributed by atoms with Crippen molar-refractivity contribution in [3.05, 3.63) is 89.5 Å². The van der Waals surface area contributed by atoms with Crippen LogP contribution >= 0.6 is 0 Å². The number of hydrogen-bond donors (Lipinski definition) is 3.